The van der Waals surface area contributed by atoms with Crippen LogP contribution in [-0.2, 0) is 4.79 Å². The number of thioether (sulfide) groups is 1. The molecule has 1 aromatic rings. The zero-order valence-electron chi connectivity index (χ0n) is 11.8. The standard InChI is InChI=1S/C16H19FN2OS/c17-9-1-4-15-11(7-9)14(5-6-21-15)19-16(20)12-8-10-2-3-13(12)18-10/h1,4,7,10,12-14,18H,2-3,5-6,8H2,(H,19,20). The Balaban J connectivity index is 1.51. The number of fused-ring (bicyclic) bond motifs is 3. The molecule has 2 bridgehead atoms. The summed E-state index contributed by atoms with van der Waals surface area (Å²) in [5.74, 6) is 0.979. The van der Waals surface area contributed by atoms with Gasteiger partial charge in [-0.25, -0.2) is 4.39 Å². The van der Waals surface area contributed by atoms with Gasteiger partial charge >= 0.3 is 0 Å². The molecule has 3 heterocycles. The molecule has 4 atom stereocenters. The molecule has 1 amide bonds. The number of amides is 1. The molecule has 2 fully saturated rings. The molecule has 2 N–H and O–H groups in total. The van der Waals surface area contributed by atoms with Crippen LogP contribution in [-0.4, -0.2) is 23.7 Å². The second-order valence-corrected chi connectivity index (χ2v) is 7.41. The van der Waals surface area contributed by atoms with Crippen LogP contribution in [0.25, 0.3) is 0 Å². The summed E-state index contributed by atoms with van der Waals surface area (Å²) in [6, 6.07) is 5.73. The van der Waals surface area contributed by atoms with E-state index in [0.29, 0.717) is 12.1 Å². The summed E-state index contributed by atoms with van der Waals surface area (Å²) in [6.07, 6.45) is 4.13. The van der Waals surface area contributed by atoms with Crippen molar-refractivity contribution in [1.29, 1.82) is 0 Å². The number of hydrogen-bond donors (Lipinski definition) is 2. The lowest BCUT2D eigenvalue weighted by molar-refractivity contribution is -0.126. The minimum absolute atomic E-state index is 0.0384. The maximum Gasteiger partial charge on any atom is 0.225 e. The highest BCUT2D eigenvalue weighted by molar-refractivity contribution is 7.99. The Morgan fingerprint density at radius 3 is 3.00 bits per heavy atom. The molecule has 0 saturated carbocycles. The molecule has 0 spiro atoms. The first-order valence-corrected chi connectivity index (χ1v) is 8.68. The van der Waals surface area contributed by atoms with Gasteiger partial charge in [0.25, 0.3) is 0 Å². The normalized spacial score (nSPS) is 33.8. The molecule has 112 valence electrons. The molecule has 4 rings (SSSR count). The van der Waals surface area contributed by atoms with Crippen molar-refractivity contribution in [1.82, 2.24) is 10.6 Å². The summed E-state index contributed by atoms with van der Waals surface area (Å²) in [4.78, 5) is 13.6. The zero-order valence-corrected chi connectivity index (χ0v) is 12.6. The van der Waals surface area contributed by atoms with Crippen LogP contribution < -0.4 is 10.6 Å². The van der Waals surface area contributed by atoms with E-state index >= 15 is 0 Å². The van der Waals surface area contributed by atoms with Crippen LogP contribution in [0.2, 0.25) is 0 Å². The van der Waals surface area contributed by atoms with Crippen molar-refractivity contribution in [2.45, 2.75) is 48.7 Å². The monoisotopic (exact) mass is 306 g/mol. The number of carbonyl (C=O) groups excluding carboxylic acids is 1. The van der Waals surface area contributed by atoms with Gasteiger partial charge in [0, 0.05) is 22.7 Å². The highest BCUT2D eigenvalue weighted by Crippen LogP contribution is 2.38. The Bertz CT molecular complexity index is 579. The largest absolute Gasteiger partial charge is 0.349 e. The third kappa shape index (κ3) is 2.46. The maximum atomic E-state index is 13.5. The quantitative estimate of drug-likeness (QED) is 0.882. The van der Waals surface area contributed by atoms with Crippen molar-refractivity contribution in [2.75, 3.05) is 5.75 Å². The second kappa shape index (κ2) is 5.29. The van der Waals surface area contributed by atoms with Gasteiger partial charge in [0.05, 0.1) is 12.0 Å². The van der Waals surface area contributed by atoms with Crippen LogP contribution >= 0.6 is 11.8 Å². The predicted molar refractivity (Wildman–Crippen MR) is 80.7 cm³/mol. The van der Waals surface area contributed by atoms with Gasteiger partial charge < -0.3 is 10.6 Å². The number of carbonyl (C=O) groups is 1. The van der Waals surface area contributed by atoms with Gasteiger partial charge in [-0.2, -0.15) is 0 Å². The Morgan fingerprint density at radius 2 is 2.24 bits per heavy atom. The predicted octanol–water partition coefficient (Wildman–Crippen LogP) is 2.62. The fourth-order valence-corrected chi connectivity index (χ4v) is 5.01. The molecule has 21 heavy (non-hydrogen) atoms. The number of rotatable bonds is 2. The summed E-state index contributed by atoms with van der Waals surface area (Å²) in [5, 5.41) is 6.67. The highest BCUT2D eigenvalue weighted by atomic mass is 32.2. The summed E-state index contributed by atoms with van der Waals surface area (Å²) in [5.41, 5.74) is 0.940. The van der Waals surface area contributed by atoms with Crippen LogP contribution in [0.15, 0.2) is 23.1 Å². The molecule has 1 aromatic carbocycles. The smallest absolute Gasteiger partial charge is 0.225 e. The van der Waals surface area contributed by atoms with Gasteiger partial charge in [-0.3, -0.25) is 4.79 Å². The molecule has 2 saturated heterocycles. The number of halogens is 1. The Morgan fingerprint density at radius 1 is 1.33 bits per heavy atom. The number of nitrogens with one attached hydrogen (secondary N) is 2. The Hall–Kier alpha value is -1.07. The van der Waals surface area contributed by atoms with Crippen LogP contribution in [0.5, 0.6) is 0 Å². The molecule has 0 aliphatic carbocycles. The lowest BCUT2D eigenvalue weighted by Gasteiger charge is -2.28. The number of hydrogen-bond acceptors (Lipinski definition) is 3. The average molecular weight is 306 g/mol. The van der Waals surface area contributed by atoms with Crippen molar-refractivity contribution < 1.29 is 9.18 Å². The topological polar surface area (TPSA) is 41.1 Å². The van der Waals surface area contributed by atoms with E-state index in [1.165, 1.54) is 12.5 Å². The van der Waals surface area contributed by atoms with Crippen LogP contribution in [0.1, 0.15) is 37.3 Å². The van der Waals surface area contributed by atoms with Gasteiger partial charge in [-0.05, 0) is 49.4 Å². The molecule has 3 aliphatic heterocycles. The van der Waals surface area contributed by atoms with E-state index in [2.05, 4.69) is 10.6 Å². The first kappa shape index (κ1) is 13.6. The molecular weight excluding hydrogens is 287 g/mol. The van der Waals surface area contributed by atoms with Crippen molar-refractivity contribution in [3.8, 4) is 0 Å². The molecule has 3 aliphatic rings. The molecule has 5 heteroatoms. The van der Waals surface area contributed by atoms with Crippen molar-refractivity contribution >= 4 is 17.7 Å². The van der Waals surface area contributed by atoms with E-state index < -0.39 is 0 Å². The van der Waals surface area contributed by atoms with Crippen molar-refractivity contribution in [3.63, 3.8) is 0 Å². The lowest BCUT2D eigenvalue weighted by Crippen LogP contribution is -2.40. The highest BCUT2D eigenvalue weighted by Gasteiger charge is 2.43. The second-order valence-electron chi connectivity index (χ2n) is 6.27. The lowest BCUT2D eigenvalue weighted by atomic mass is 9.88. The summed E-state index contributed by atoms with van der Waals surface area (Å²) >= 11 is 1.74. The van der Waals surface area contributed by atoms with Gasteiger partial charge in [0.2, 0.25) is 5.91 Å². The van der Waals surface area contributed by atoms with Crippen LogP contribution in [0.4, 0.5) is 4.39 Å². The van der Waals surface area contributed by atoms with Crippen LogP contribution in [0, 0.1) is 11.7 Å². The third-order valence-electron chi connectivity index (χ3n) is 4.96. The molecular formula is C16H19FN2OS. The summed E-state index contributed by atoms with van der Waals surface area (Å²) < 4.78 is 13.5. The summed E-state index contributed by atoms with van der Waals surface area (Å²) in [7, 11) is 0. The maximum absolute atomic E-state index is 13.5. The fourth-order valence-electron chi connectivity index (χ4n) is 3.91. The van der Waals surface area contributed by atoms with Crippen molar-refractivity contribution in [3.05, 3.63) is 29.6 Å². The molecule has 0 radical (unpaired) electrons. The van der Waals surface area contributed by atoms with E-state index in [0.717, 1.165) is 35.5 Å². The summed E-state index contributed by atoms with van der Waals surface area (Å²) in [6.45, 7) is 0. The molecule has 0 aromatic heterocycles. The zero-order chi connectivity index (χ0) is 14.4. The van der Waals surface area contributed by atoms with Gasteiger partial charge in [-0.1, -0.05) is 0 Å². The fraction of sp³-hybridized carbons (Fsp3) is 0.562. The minimum atomic E-state index is -0.225. The van der Waals surface area contributed by atoms with E-state index in [-0.39, 0.29) is 23.7 Å². The van der Waals surface area contributed by atoms with E-state index in [1.807, 2.05) is 6.07 Å². The van der Waals surface area contributed by atoms with Crippen molar-refractivity contribution in [2.24, 2.45) is 5.92 Å². The first-order chi connectivity index (χ1) is 10.2. The van der Waals surface area contributed by atoms with Gasteiger partial charge in [0.15, 0.2) is 0 Å². The van der Waals surface area contributed by atoms with E-state index in [4.69, 9.17) is 0 Å². The average Bonchev–Trinajstić information content (AvgIpc) is 3.10. The minimum Gasteiger partial charge on any atom is -0.349 e. The van der Waals surface area contributed by atoms with Gasteiger partial charge in [-0.15, -0.1) is 11.8 Å². The van der Waals surface area contributed by atoms with E-state index in [1.54, 1.807) is 17.8 Å². The first-order valence-electron chi connectivity index (χ1n) is 7.69. The third-order valence-corrected chi connectivity index (χ3v) is 6.09. The van der Waals surface area contributed by atoms with Crippen LogP contribution in [0.3, 0.4) is 0 Å². The Kier molecular flexibility index (Phi) is 3.42. The Labute approximate surface area is 128 Å². The SMILES string of the molecule is O=C(NC1CCSc2ccc(F)cc21)C1CC2CCC1N2. The van der Waals surface area contributed by atoms with Gasteiger partial charge in [0.1, 0.15) is 5.82 Å². The van der Waals surface area contributed by atoms with E-state index in [9.17, 15) is 9.18 Å². The molecule has 3 nitrogen and oxygen atoms in total. The molecule has 4 unspecified atom stereocenters. The number of benzene rings is 1.